The molecule has 0 bridgehead atoms. The molecule has 0 amide bonds. The second-order valence-corrected chi connectivity index (χ2v) is 5.94. The third-order valence-corrected chi connectivity index (χ3v) is 3.98. The molecule has 0 fully saturated rings. The van der Waals surface area contributed by atoms with E-state index in [1.54, 1.807) is 0 Å². The molecule has 2 aromatic carbocycles. The highest BCUT2D eigenvalue weighted by Crippen LogP contribution is 2.24. The zero-order chi connectivity index (χ0) is 15.7. The van der Waals surface area contributed by atoms with Gasteiger partial charge >= 0.3 is 5.97 Å². The summed E-state index contributed by atoms with van der Waals surface area (Å²) in [6, 6.07) is 13.8. The number of aliphatic carboxylic acids is 1. The summed E-state index contributed by atoms with van der Waals surface area (Å²) >= 11 is 5.92. The zero-order valence-electron chi connectivity index (χ0n) is 12.2. The molecule has 0 unspecified atom stereocenters. The summed E-state index contributed by atoms with van der Waals surface area (Å²) < 4.78 is 2.09. The molecule has 3 rings (SSSR count). The molecule has 4 heteroatoms. The quantitative estimate of drug-likeness (QED) is 0.781. The molecular weight excluding hydrogens is 298 g/mol. The third kappa shape index (κ3) is 3.00. The fraction of sp³-hybridized carbons (Fsp3) is 0.167. The third-order valence-electron chi connectivity index (χ3n) is 3.73. The van der Waals surface area contributed by atoms with E-state index in [0.29, 0.717) is 11.6 Å². The van der Waals surface area contributed by atoms with Crippen LogP contribution < -0.4 is 0 Å². The van der Waals surface area contributed by atoms with E-state index in [2.05, 4.69) is 4.57 Å². The maximum atomic E-state index is 11.1. The highest BCUT2D eigenvalue weighted by atomic mass is 35.5. The van der Waals surface area contributed by atoms with Gasteiger partial charge in [-0.3, -0.25) is 4.79 Å². The highest BCUT2D eigenvalue weighted by molar-refractivity contribution is 6.30. The average molecular weight is 314 g/mol. The van der Waals surface area contributed by atoms with Crippen LogP contribution >= 0.6 is 11.6 Å². The lowest BCUT2D eigenvalue weighted by atomic mass is 10.1. The standard InChI is InChI=1S/C18H16ClNO2/c1-12-2-7-17-16(8-12)14(9-18(21)22)11-20(17)10-13-3-5-15(19)6-4-13/h2-8,11H,9-10H2,1H3,(H,21,22). The van der Waals surface area contributed by atoms with Crippen molar-refractivity contribution >= 4 is 28.5 Å². The van der Waals surface area contributed by atoms with Crippen LogP contribution in [0.15, 0.2) is 48.7 Å². The number of aryl methyl sites for hydroxylation is 1. The minimum Gasteiger partial charge on any atom is -0.481 e. The molecule has 3 aromatic rings. The Kier molecular flexibility index (Phi) is 3.90. The van der Waals surface area contributed by atoms with Gasteiger partial charge in [0, 0.05) is 28.7 Å². The fourth-order valence-corrected chi connectivity index (χ4v) is 2.83. The van der Waals surface area contributed by atoms with E-state index in [-0.39, 0.29) is 6.42 Å². The van der Waals surface area contributed by atoms with E-state index in [1.165, 1.54) is 0 Å². The van der Waals surface area contributed by atoms with Gasteiger partial charge < -0.3 is 9.67 Å². The number of benzene rings is 2. The number of carbonyl (C=O) groups is 1. The maximum absolute atomic E-state index is 11.1. The molecule has 0 spiro atoms. The van der Waals surface area contributed by atoms with Crippen molar-refractivity contribution in [3.63, 3.8) is 0 Å². The van der Waals surface area contributed by atoms with Gasteiger partial charge in [0.05, 0.1) is 6.42 Å². The van der Waals surface area contributed by atoms with Gasteiger partial charge in [-0.2, -0.15) is 0 Å². The number of fused-ring (bicyclic) bond motifs is 1. The molecular formula is C18H16ClNO2. The Morgan fingerprint density at radius 1 is 1.18 bits per heavy atom. The second-order valence-electron chi connectivity index (χ2n) is 5.50. The van der Waals surface area contributed by atoms with Crippen LogP contribution in [0.2, 0.25) is 5.02 Å². The number of hydrogen-bond donors (Lipinski definition) is 1. The molecule has 1 N–H and O–H groups in total. The Bertz CT molecular complexity index is 834. The Labute approximate surface area is 133 Å². The van der Waals surface area contributed by atoms with E-state index < -0.39 is 5.97 Å². The Hall–Kier alpha value is -2.26. The number of carboxylic acids is 1. The van der Waals surface area contributed by atoms with Gasteiger partial charge in [0.2, 0.25) is 0 Å². The molecule has 0 saturated heterocycles. The lowest BCUT2D eigenvalue weighted by molar-refractivity contribution is -0.136. The van der Waals surface area contributed by atoms with Gasteiger partial charge in [-0.05, 0) is 42.3 Å². The predicted molar refractivity (Wildman–Crippen MR) is 88.6 cm³/mol. The Balaban J connectivity index is 2.05. The minimum atomic E-state index is -0.813. The number of rotatable bonds is 4. The number of hydrogen-bond acceptors (Lipinski definition) is 1. The Morgan fingerprint density at radius 2 is 1.91 bits per heavy atom. The van der Waals surface area contributed by atoms with E-state index >= 15 is 0 Å². The van der Waals surface area contributed by atoms with Crippen LogP contribution in [0.5, 0.6) is 0 Å². The van der Waals surface area contributed by atoms with Crippen molar-refractivity contribution in [1.29, 1.82) is 0 Å². The van der Waals surface area contributed by atoms with Crippen molar-refractivity contribution < 1.29 is 9.90 Å². The first-order valence-corrected chi connectivity index (χ1v) is 7.45. The predicted octanol–water partition coefficient (Wildman–Crippen LogP) is 4.28. The van der Waals surface area contributed by atoms with Gasteiger partial charge in [-0.1, -0.05) is 35.4 Å². The normalized spacial score (nSPS) is 11.0. The largest absolute Gasteiger partial charge is 0.481 e. The molecule has 1 heterocycles. The first-order valence-electron chi connectivity index (χ1n) is 7.07. The molecule has 0 radical (unpaired) electrons. The lowest BCUT2D eigenvalue weighted by Gasteiger charge is -2.06. The van der Waals surface area contributed by atoms with Crippen molar-refractivity contribution in [1.82, 2.24) is 4.57 Å². The van der Waals surface area contributed by atoms with Gasteiger partial charge in [-0.25, -0.2) is 0 Å². The summed E-state index contributed by atoms with van der Waals surface area (Å²) in [6.07, 6.45) is 1.97. The van der Waals surface area contributed by atoms with Crippen LogP contribution in [0.1, 0.15) is 16.7 Å². The van der Waals surface area contributed by atoms with Crippen LogP contribution in [0.25, 0.3) is 10.9 Å². The van der Waals surface area contributed by atoms with Crippen molar-refractivity contribution in [2.75, 3.05) is 0 Å². The second kappa shape index (κ2) is 5.85. The molecule has 0 saturated carbocycles. The number of nitrogens with zero attached hydrogens (tertiary/aromatic N) is 1. The molecule has 0 aliphatic heterocycles. The highest BCUT2D eigenvalue weighted by Gasteiger charge is 2.12. The van der Waals surface area contributed by atoms with Crippen LogP contribution in [0.4, 0.5) is 0 Å². The van der Waals surface area contributed by atoms with Crippen LogP contribution in [0.3, 0.4) is 0 Å². The monoisotopic (exact) mass is 313 g/mol. The number of carboxylic acid groups (broad SMARTS) is 1. The van der Waals surface area contributed by atoms with Crippen LogP contribution in [-0.4, -0.2) is 15.6 Å². The van der Waals surface area contributed by atoms with Gasteiger partial charge in [0.25, 0.3) is 0 Å². The van der Waals surface area contributed by atoms with Crippen LogP contribution in [0, 0.1) is 6.92 Å². The van der Waals surface area contributed by atoms with Crippen molar-refractivity contribution in [3.05, 3.63) is 70.4 Å². The molecule has 0 aliphatic rings. The summed E-state index contributed by atoms with van der Waals surface area (Å²) in [7, 11) is 0. The van der Waals surface area contributed by atoms with Crippen molar-refractivity contribution in [2.45, 2.75) is 19.9 Å². The topological polar surface area (TPSA) is 42.2 Å². The maximum Gasteiger partial charge on any atom is 0.307 e. The summed E-state index contributed by atoms with van der Waals surface area (Å²) in [5.74, 6) is -0.813. The molecule has 0 atom stereocenters. The average Bonchev–Trinajstić information content (AvgIpc) is 2.78. The van der Waals surface area contributed by atoms with E-state index in [1.807, 2.05) is 55.6 Å². The van der Waals surface area contributed by atoms with E-state index in [4.69, 9.17) is 16.7 Å². The van der Waals surface area contributed by atoms with Crippen molar-refractivity contribution in [2.24, 2.45) is 0 Å². The molecule has 22 heavy (non-hydrogen) atoms. The zero-order valence-corrected chi connectivity index (χ0v) is 13.0. The minimum absolute atomic E-state index is 0.0353. The summed E-state index contributed by atoms with van der Waals surface area (Å²) in [5.41, 5.74) is 4.16. The van der Waals surface area contributed by atoms with E-state index in [0.717, 1.165) is 27.6 Å². The molecule has 0 aliphatic carbocycles. The molecule has 112 valence electrons. The summed E-state index contributed by atoms with van der Waals surface area (Å²) in [5, 5.41) is 10.8. The number of aromatic nitrogens is 1. The lowest BCUT2D eigenvalue weighted by Crippen LogP contribution is -2.00. The van der Waals surface area contributed by atoms with Gasteiger partial charge in [-0.15, -0.1) is 0 Å². The van der Waals surface area contributed by atoms with Crippen LogP contribution in [-0.2, 0) is 17.8 Å². The molecule has 1 aromatic heterocycles. The number of halogens is 1. The molecule has 3 nitrogen and oxygen atoms in total. The smallest absolute Gasteiger partial charge is 0.307 e. The van der Waals surface area contributed by atoms with E-state index in [9.17, 15) is 4.79 Å². The summed E-state index contributed by atoms with van der Waals surface area (Å²) in [4.78, 5) is 11.1. The summed E-state index contributed by atoms with van der Waals surface area (Å²) in [6.45, 7) is 2.71. The SMILES string of the molecule is Cc1ccc2c(c1)c(CC(=O)O)cn2Cc1ccc(Cl)cc1. The van der Waals surface area contributed by atoms with Gasteiger partial charge in [0.15, 0.2) is 0 Å². The first-order chi connectivity index (χ1) is 10.5. The Morgan fingerprint density at radius 3 is 2.59 bits per heavy atom. The first kappa shape index (κ1) is 14.7. The van der Waals surface area contributed by atoms with Crippen molar-refractivity contribution in [3.8, 4) is 0 Å². The fourth-order valence-electron chi connectivity index (χ4n) is 2.71. The van der Waals surface area contributed by atoms with Gasteiger partial charge in [0.1, 0.15) is 0 Å².